The van der Waals surface area contributed by atoms with Gasteiger partial charge in [0, 0.05) is 76.2 Å². The predicted octanol–water partition coefficient (Wildman–Crippen LogP) is 15.6. The highest BCUT2D eigenvalue weighted by Crippen LogP contribution is 2.23. The number of hydrogen-bond acceptors (Lipinski definition) is 9. The number of aryl methyl sites for hydroxylation is 2. The molecule has 8 aromatic rings. The number of rotatable bonds is 8. The normalized spacial score (nSPS) is 10.6. The molecule has 0 bridgehead atoms. The van der Waals surface area contributed by atoms with Gasteiger partial charge >= 0.3 is 0 Å². The Balaban J connectivity index is 0.000000178. The summed E-state index contributed by atoms with van der Waals surface area (Å²) in [4.78, 5) is 31.3. The monoisotopic (exact) mass is 875 g/mol. The molecule has 0 atom stereocenters. The summed E-state index contributed by atoms with van der Waals surface area (Å²) >= 11 is 3.55. The van der Waals surface area contributed by atoms with Crippen molar-refractivity contribution in [3.63, 3.8) is 0 Å². The topological polar surface area (TPSA) is 90.2 Å². The van der Waals surface area contributed by atoms with E-state index < -0.39 is 0 Å². The summed E-state index contributed by atoms with van der Waals surface area (Å²) in [5.74, 6) is 5.36. The molecule has 0 saturated heterocycles. The second-order valence-corrected chi connectivity index (χ2v) is 18.7. The van der Waals surface area contributed by atoms with Gasteiger partial charge in [0.15, 0.2) is 17.5 Å². The zero-order valence-electron chi connectivity index (χ0n) is 39.2. The lowest BCUT2D eigenvalue weighted by molar-refractivity contribution is 0.852. The Hall–Kier alpha value is -5.77. The van der Waals surface area contributed by atoms with Gasteiger partial charge in [-0.05, 0) is 82.8 Å². The molecule has 5 heterocycles. The molecule has 0 fully saturated rings. The molecule has 0 amide bonds. The molecule has 0 unspecified atom stereocenters. The number of hydrogen-bond donors (Lipinski definition) is 0. The minimum atomic E-state index is 0.563. The molecule has 0 N–H and O–H groups in total. The first-order valence-corrected chi connectivity index (χ1v) is 23.6. The van der Waals surface area contributed by atoms with Crippen molar-refractivity contribution in [2.45, 2.75) is 113 Å². The molecule has 0 saturated carbocycles. The smallest absolute Gasteiger partial charge is 0.159 e. The first-order valence-electron chi connectivity index (χ1n) is 21.8. The minimum absolute atomic E-state index is 0.563. The summed E-state index contributed by atoms with van der Waals surface area (Å²) < 4.78 is 0. The Labute approximate surface area is 385 Å². The summed E-state index contributed by atoms with van der Waals surface area (Å²) in [5, 5.41) is 5.36. The number of thiazole rings is 1. The van der Waals surface area contributed by atoms with Crippen LogP contribution in [-0.4, -0.2) is 34.9 Å². The van der Waals surface area contributed by atoms with E-state index in [9.17, 15) is 0 Å². The minimum Gasteiger partial charge on any atom is -0.249 e. The lowest BCUT2D eigenvalue weighted by atomic mass is 10.0. The van der Waals surface area contributed by atoms with Crippen molar-refractivity contribution in [3.05, 3.63) is 183 Å². The predicted molar refractivity (Wildman–Crippen MR) is 269 cm³/mol. The van der Waals surface area contributed by atoms with E-state index >= 15 is 0 Å². The van der Waals surface area contributed by atoms with Crippen LogP contribution in [0.15, 0.2) is 145 Å². The lowest BCUT2D eigenvalue weighted by Gasteiger charge is -2.06. The largest absolute Gasteiger partial charge is 0.249 e. The van der Waals surface area contributed by atoms with Crippen molar-refractivity contribution >= 4 is 22.7 Å². The Kier molecular flexibility index (Phi) is 20.6. The molecule has 3 aromatic carbocycles. The van der Waals surface area contributed by atoms with Crippen LogP contribution in [0.2, 0.25) is 0 Å². The molecule has 0 spiro atoms. The van der Waals surface area contributed by atoms with Crippen LogP contribution in [0, 0.1) is 13.8 Å². The van der Waals surface area contributed by atoms with E-state index in [2.05, 4.69) is 194 Å². The highest BCUT2D eigenvalue weighted by molar-refractivity contribution is 7.10. The third-order valence-electron chi connectivity index (χ3n) is 9.69. The molecule has 0 aliphatic carbocycles. The quantitative estimate of drug-likeness (QED) is 0.150. The number of nitrogens with zero attached hydrogens (tertiary/aromatic N) is 7. The Morgan fingerprint density at radius 1 is 0.349 bits per heavy atom. The van der Waals surface area contributed by atoms with Crippen LogP contribution in [0.3, 0.4) is 0 Å². The van der Waals surface area contributed by atoms with Gasteiger partial charge in [-0.15, -0.1) is 22.7 Å². The molecular formula is C54H65N7S2. The highest BCUT2D eigenvalue weighted by Gasteiger charge is 2.05. The van der Waals surface area contributed by atoms with Gasteiger partial charge in [-0.3, -0.25) is 0 Å². The van der Waals surface area contributed by atoms with E-state index in [1.807, 2.05) is 67.6 Å². The van der Waals surface area contributed by atoms with Gasteiger partial charge in [-0.2, -0.15) is 0 Å². The van der Waals surface area contributed by atoms with Gasteiger partial charge in [0.05, 0.1) is 5.01 Å². The standard InChI is InChI=1S/2C14H16N2.C13H14N2.C7H10S.C6H9NS/c2*1-10(2)12-4-6-13(7-5-12)14-15-8-11(3)9-16-14;1-10(2)11-4-6-12(7-5-11)13-14-8-3-9-15-13;1-6(2)7-4-3-5-8-7;1-5(2)6-7-3-4-8-6/h2*4-10H,1-3H3;3-10H,1-2H3;3-6H,1-2H3;3-5H,1-2H3. The van der Waals surface area contributed by atoms with Gasteiger partial charge in [0.25, 0.3) is 0 Å². The number of thiophene rings is 1. The average molecular weight is 876 g/mol. The third kappa shape index (κ3) is 17.1. The molecule has 328 valence electrons. The fraction of sp³-hybridized carbons (Fsp3) is 0.315. The maximum atomic E-state index is 4.31. The SMILES string of the molecule is CC(C)c1ccc(-c2ncccn2)cc1.CC(C)c1cccs1.CC(C)c1nccs1.Cc1cnc(-c2ccc(C(C)C)cc2)nc1.Cc1cnc(-c2ccc(C(C)C)cc2)nc1. The van der Waals surface area contributed by atoms with Crippen LogP contribution < -0.4 is 0 Å². The van der Waals surface area contributed by atoms with Crippen molar-refractivity contribution in [2.24, 2.45) is 0 Å². The van der Waals surface area contributed by atoms with Crippen LogP contribution in [0.25, 0.3) is 34.2 Å². The van der Waals surface area contributed by atoms with Crippen molar-refractivity contribution < 1.29 is 0 Å². The molecule has 9 heteroatoms. The van der Waals surface area contributed by atoms with E-state index in [0.29, 0.717) is 29.6 Å². The summed E-state index contributed by atoms with van der Waals surface area (Å²) in [6.07, 6.45) is 12.8. The van der Waals surface area contributed by atoms with Gasteiger partial charge < -0.3 is 0 Å². The maximum Gasteiger partial charge on any atom is 0.159 e. The average Bonchev–Trinajstić information content (AvgIpc) is 4.06. The van der Waals surface area contributed by atoms with Crippen LogP contribution in [0.4, 0.5) is 0 Å². The molecule has 63 heavy (non-hydrogen) atoms. The highest BCUT2D eigenvalue weighted by atomic mass is 32.1. The van der Waals surface area contributed by atoms with Gasteiger partial charge in [-0.25, -0.2) is 34.9 Å². The fourth-order valence-electron chi connectivity index (χ4n) is 5.72. The molecule has 0 radical (unpaired) electrons. The second-order valence-electron chi connectivity index (χ2n) is 16.8. The van der Waals surface area contributed by atoms with Crippen molar-refractivity contribution in [2.75, 3.05) is 0 Å². The maximum absolute atomic E-state index is 4.31. The van der Waals surface area contributed by atoms with E-state index in [-0.39, 0.29) is 0 Å². The zero-order valence-corrected chi connectivity index (χ0v) is 40.8. The Morgan fingerprint density at radius 2 is 0.730 bits per heavy atom. The first kappa shape index (κ1) is 49.9. The van der Waals surface area contributed by atoms with E-state index in [4.69, 9.17) is 0 Å². The molecule has 5 aromatic heterocycles. The van der Waals surface area contributed by atoms with Crippen molar-refractivity contribution in [3.8, 4) is 34.2 Å². The van der Waals surface area contributed by atoms with Gasteiger partial charge in [0.1, 0.15) is 0 Å². The van der Waals surface area contributed by atoms with Crippen LogP contribution in [0.5, 0.6) is 0 Å². The Bertz CT molecular complexity index is 2260. The molecule has 0 aliphatic heterocycles. The van der Waals surface area contributed by atoms with Crippen LogP contribution in [-0.2, 0) is 0 Å². The summed E-state index contributed by atoms with van der Waals surface area (Å²) in [7, 11) is 0. The summed E-state index contributed by atoms with van der Waals surface area (Å²) in [5.41, 5.74) is 9.42. The van der Waals surface area contributed by atoms with E-state index in [1.54, 1.807) is 23.7 Å². The number of aromatic nitrogens is 7. The molecule has 0 aliphatic rings. The van der Waals surface area contributed by atoms with Crippen molar-refractivity contribution in [1.82, 2.24) is 34.9 Å². The molecule has 8 rings (SSSR count). The lowest BCUT2D eigenvalue weighted by Crippen LogP contribution is -1.91. The van der Waals surface area contributed by atoms with Gasteiger partial charge in [0.2, 0.25) is 0 Å². The summed E-state index contributed by atoms with van der Waals surface area (Å²) in [6, 6.07) is 31.4. The van der Waals surface area contributed by atoms with Crippen LogP contribution in [0.1, 0.15) is 137 Å². The molecule has 7 nitrogen and oxygen atoms in total. The fourth-order valence-corrected chi connectivity index (χ4v) is 7.12. The number of benzene rings is 3. The third-order valence-corrected chi connectivity index (χ3v) is 11.9. The van der Waals surface area contributed by atoms with Crippen molar-refractivity contribution in [1.29, 1.82) is 0 Å². The van der Waals surface area contributed by atoms with Crippen LogP contribution >= 0.6 is 22.7 Å². The Morgan fingerprint density at radius 3 is 0.984 bits per heavy atom. The second kappa shape index (κ2) is 26.0. The van der Waals surface area contributed by atoms with E-state index in [0.717, 1.165) is 45.3 Å². The zero-order chi connectivity index (χ0) is 45.7. The van der Waals surface area contributed by atoms with E-state index in [1.165, 1.54) is 26.6 Å². The first-order chi connectivity index (χ1) is 30.2. The van der Waals surface area contributed by atoms with Gasteiger partial charge in [-0.1, -0.05) is 148 Å². The summed E-state index contributed by atoms with van der Waals surface area (Å²) in [6.45, 7) is 25.9. The molecular weight excluding hydrogens is 811 g/mol.